The molecule has 1 N–H and O–H groups in total. The lowest BCUT2D eigenvalue weighted by Gasteiger charge is -2.17. The maximum Gasteiger partial charge on any atom is 0.354 e. The predicted molar refractivity (Wildman–Crippen MR) is 59.0 cm³/mol. The Morgan fingerprint density at radius 1 is 1.33 bits per heavy atom. The van der Waals surface area contributed by atoms with Crippen molar-refractivity contribution >= 4 is 16.9 Å². The summed E-state index contributed by atoms with van der Waals surface area (Å²) in [5, 5.41) is 11.8. The minimum Gasteiger partial charge on any atom is -0.477 e. The maximum atomic E-state index is 11.0. The van der Waals surface area contributed by atoms with Gasteiger partial charge in [0.15, 0.2) is 0 Å². The van der Waals surface area contributed by atoms with E-state index in [2.05, 4.69) is 0 Å². The largest absolute Gasteiger partial charge is 0.477 e. The van der Waals surface area contributed by atoms with Crippen molar-refractivity contribution in [3.05, 3.63) is 36.0 Å². The highest BCUT2D eigenvalue weighted by Gasteiger charge is 2.14. The molecule has 0 aliphatic carbocycles. The number of para-hydroxylation sites is 1. The van der Waals surface area contributed by atoms with Crippen LogP contribution in [0.25, 0.3) is 10.9 Å². The third-order valence-corrected chi connectivity index (χ3v) is 2.30. The Kier molecular flexibility index (Phi) is 2.11. The fraction of sp³-hybridized carbons (Fsp3) is 0.182. The second kappa shape index (κ2) is 3.31. The Balaban J connectivity index is 2.80. The van der Waals surface area contributed by atoms with Crippen molar-refractivity contribution < 1.29 is 9.90 Å². The molecule has 0 saturated heterocycles. The number of nitrogens with zero attached hydrogens (tertiary/aromatic N) is 2. The quantitative estimate of drug-likeness (QED) is 0.807. The summed E-state index contributed by atoms with van der Waals surface area (Å²) in [4.78, 5) is 11.0. The van der Waals surface area contributed by atoms with E-state index in [1.165, 1.54) is 0 Å². The molecule has 1 aromatic carbocycles. The molecule has 1 heterocycles. The molecule has 0 fully saturated rings. The highest BCUT2D eigenvalue weighted by molar-refractivity contribution is 5.94. The van der Waals surface area contributed by atoms with Crippen molar-refractivity contribution in [3.63, 3.8) is 0 Å². The van der Waals surface area contributed by atoms with Gasteiger partial charge in [-0.15, -0.1) is 0 Å². The first kappa shape index (κ1) is 9.58. The van der Waals surface area contributed by atoms with Crippen molar-refractivity contribution in [1.82, 2.24) is 4.68 Å². The zero-order chi connectivity index (χ0) is 11.0. The third kappa shape index (κ3) is 1.44. The molecule has 0 atom stereocenters. The molecule has 0 radical (unpaired) electrons. The van der Waals surface area contributed by atoms with Crippen molar-refractivity contribution in [2.45, 2.75) is 0 Å². The highest BCUT2D eigenvalue weighted by Crippen LogP contribution is 2.19. The molecular formula is C11H12N2O2. The molecule has 4 heteroatoms. The number of rotatable bonds is 2. The lowest BCUT2D eigenvalue weighted by molar-refractivity contribution is 0.0685. The second-order valence-electron chi connectivity index (χ2n) is 3.55. The van der Waals surface area contributed by atoms with Gasteiger partial charge in [0.25, 0.3) is 0 Å². The van der Waals surface area contributed by atoms with Crippen molar-refractivity contribution in [2.24, 2.45) is 0 Å². The highest BCUT2D eigenvalue weighted by atomic mass is 16.4. The normalized spacial score (nSPS) is 10.5. The van der Waals surface area contributed by atoms with E-state index in [0.717, 1.165) is 10.9 Å². The van der Waals surface area contributed by atoms with E-state index in [1.807, 2.05) is 38.4 Å². The van der Waals surface area contributed by atoms with Crippen molar-refractivity contribution in [1.29, 1.82) is 0 Å². The summed E-state index contributed by atoms with van der Waals surface area (Å²) in [7, 11) is 3.64. The molecule has 15 heavy (non-hydrogen) atoms. The Hall–Kier alpha value is -1.97. The van der Waals surface area contributed by atoms with Crippen LogP contribution in [0.2, 0.25) is 0 Å². The van der Waals surface area contributed by atoms with Gasteiger partial charge in [0, 0.05) is 19.5 Å². The Morgan fingerprint density at radius 2 is 2.00 bits per heavy atom. The van der Waals surface area contributed by atoms with Crippen molar-refractivity contribution in [2.75, 3.05) is 19.1 Å². The van der Waals surface area contributed by atoms with Crippen LogP contribution in [0, 0.1) is 0 Å². The van der Waals surface area contributed by atoms with E-state index in [-0.39, 0.29) is 5.69 Å². The first-order valence-corrected chi connectivity index (χ1v) is 4.62. The summed E-state index contributed by atoms with van der Waals surface area (Å²) < 4.78 is 1.68. The van der Waals surface area contributed by atoms with E-state index in [0.29, 0.717) is 0 Å². The zero-order valence-corrected chi connectivity index (χ0v) is 8.64. The van der Waals surface area contributed by atoms with Gasteiger partial charge >= 0.3 is 5.97 Å². The Labute approximate surface area is 87.3 Å². The average molecular weight is 204 g/mol. The average Bonchev–Trinajstić information content (AvgIpc) is 2.56. The second-order valence-corrected chi connectivity index (χ2v) is 3.55. The number of carbonyl (C=O) groups is 1. The lowest BCUT2D eigenvalue weighted by atomic mass is 10.2. The minimum atomic E-state index is -0.917. The van der Waals surface area contributed by atoms with Gasteiger partial charge in [0.05, 0.1) is 5.52 Å². The fourth-order valence-corrected chi connectivity index (χ4v) is 1.72. The van der Waals surface area contributed by atoms with Crippen LogP contribution in [0.1, 0.15) is 10.5 Å². The number of hydrogen-bond acceptors (Lipinski definition) is 2. The SMILES string of the molecule is CN(C)n1c(C(=O)O)cc2ccccc21. The van der Waals surface area contributed by atoms with Gasteiger partial charge in [-0.3, -0.25) is 4.68 Å². The fourth-order valence-electron chi connectivity index (χ4n) is 1.72. The van der Waals surface area contributed by atoms with Gasteiger partial charge in [0.1, 0.15) is 5.69 Å². The number of fused-ring (bicyclic) bond motifs is 1. The summed E-state index contributed by atoms with van der Waals surface area (Å²) in [6.45, 7) is 0. The summed E-state index contributed by atoms with van der Waals surface area (Å²) in [6, 6.07) is 9.28. The van der Waals surface area contributed by atoms with E-state index in [9.17, 15) is 4.79 Å². The number of benzene rings is 1. The molecule has 0 spiro atoms. The van der Waals surface area contributed by atoms with Gasteiger partial charge < -0.3 is 10.1 Å². The maximum absolute atomic E-state index is 11.0. The Morgan fingerprint density at radius 3 is 2.60 bits per heavy atom. The molecule has 0 amide bonds. The van der Waals surface area contributed by atoms with E-state index in [4.69, 9.17) is 5.11 Å². The van der Waals surface area contributed by atoms with Crippen LogP contribution in [-0.4, -0.2) is 29.8 Å². The Bertz CT molecular complexity index is 514. The summed E-state index contributed by atoms with van der Waals surface area (Å²) in [5.41, 5.74) is 1.18. The van der Waals surface area contributed by atoms with Crippen LogP contribution in [0.15, 0.2) is 30.3 Å². The summed E-state index contributed by atoms with van der Waals surface area (Å²) >= 11 is 0. The van der Waals surface area contributed by atoms with Gasteiger partial charge in [-0.05, 0) is 12.1 Å². The van der Waals surface area contributed by atoms with Crippen molar-refractivity contribution in [3.8, 4) is 0 Å². The topological polar surface area (TPSA) is 45.5 Å². The lowest BCUT2D eigenvalue weighted by Crippen LogP contribution is -2.28. The van der Waals surface area contributed by atoms with Gasteiger partial charge in [-0.25, -0.2) is 4.79 Å². The first-order chi connectivity index (χ1) is 7.11. The number of carboxylic acid groups (broad SMARTS) is 1. The minimum absolute atomic E-state index is 0.279. The molecule has 1 aromatic heterocycles. The molecule has 0 aliphatic rings. The molecule has 2 aromatic rings. The molecule has 4 nitrogen and oxygen atoms in total. The van der Waals surface area contributed by atoms with Gasteiger partial charge in [-0.2, -0.15) is 0 Å². The van der Waals surface area contributed by atoms with Gasteiger partial charge in [0.2, 0.25) is 0 Å². The van der Waals surface area contributed by atoms with Crippen LogP contribution in [0.3, 0.4) is 0 Å². The predicted octanol–water partition coefficient (Wildman–Crippen LogP) is 1.54. The molecule has 0 bridgehead atoms. The van der Waals surface area contributed by atoms with Crippen LogP contribution in [0.4, 0.5) is 0 Å². The molecule has 0 aliphatic heterocycles. The van der Waals surface area contributed by atoms with E-state index < -0.39 is 5.97 Å². The van der Waals surface area contributed by atoms with E-state index in [1.54, 1.807) is 15.8 Å². The van der Waals surface area contributed by atoms with Crippen LogP contribution in [0.5, 0.6) is 0 Å². The molecule has 0 unspecified atom stereocenters. The number of carboxylic acids is 1. The van der Waals surface area contributed by atoms with Crippen LogP contribution < -0.4 is 5.01 Å². The zero-order valence-electron chi connectivity index (χ0n) is 8.64. The standard InChI is InChI=1S/C11H12N2O2/c1-12(2)13-9-6-4-3-5-8(9)7-10(13)11(14)15/h3-7H,1-2H3,(H,14,15). The van der Waals surface area contributed by atoms with E-state index >= 15 is 0 Å². The molecule has 2 rings (SSSR count). The van der Waals surface area contributed by atoms with Crippen LogP contribution in [-0.2, 0) is 0 Å². The summed E-state index contributed by atoms with van der Waals surface area (Å²) in [5.74, 6) is -0.917. The molecule has 0 saturated carbocycles. The third-order valence-electron chi connectivity index (χ3n) is 2.30. The number of aromatic nitrogens is 1. The van der Waals surface area contributed by atoms with Gasteiger partial charge in [-0.1, -0.05) is 18.2 Å². The smallest absolute Gasteiger partial charge is 0.354 e. The molecular weight excluding hydrogens is 192 g/mol. The first-order valence-electron chi connectivity index (χ1n) is 4.62. The van der Waals surface area contributed by atoms with Crippen LogP contribution >= 0.6 is 0 Å². The monoisotopic (exact) mass is 204 g/mol. The number of aromatic carboxylic acids is 1. The summed E-state index contributed by atoms with van der Waals surface area (Å²) in [6.07, 6.45) is 0. The molecule has 78 valence electrons. The number of hydrogen-bond donors (Lipinski definition) is 1.